The van der Waals surface area contributed by atoms with Crippen molar-refractivity contribution in [2.75, 3.05) is 0 Å². The van der Waals surface area contributed by atoms with E-state index in [1.165, 1.54) is 36.6 Å². The number of nitrogens with one attached hydrogen (secondary N) is 1. The first-order chi connectivity index (χ1) is 9.72. The molecule has 0 bridgehead atoms. The minimum absolute atomic E-state index is 0.629. The van der Waals surface area contributed by atoms with Crippen molar-refractivity contribution in [1.29, 1.82) is 0 Å². The first-order valence-corrected chi connectivity index (χ1v) is 7.82. The van der Waals surface area contributed by atoms with E-state index in [1.54, 1.807) is 0 Å². The summed E-state index contributed by atoms with van der Waals surface area (Å²) in [6.45, 7) is 5.33. The van der Waals surface area contributed by atoms with Crippen LogP contribution in [0.25, 0.3) is 10.9 Å². The molecule has 1 atom stereocenters. The topological polar surface area (TPSA) is 24.9 Å². The Labute approximate surface area is 121 Å². The first-order valence-electron chi connectivity index (χ1n) is 7.82. The van der Waals surface area contributed by atoms with Crippen LogP contribution in [0.15, 0.2) is 30.3 Å². The van der Waals surface area contributed by atoms with Crippen LogP contribution in [0.5, 0.6) is 0 Å². The van der Waals surface area contributed by atoms with Gasteiger partial charge >= 0.3 is 0 Å². The zero-order valence-corrected chi connectivity index (χ0v) is 12.5. The number of hydrogen-bond donors (Lipinski definition) is 1. The molecule has 1 heterocycles. The van der Waals surface area contributed by atoms with Crippen LogP contribution in [0.2, 0.25) is 0 Å². The molecule has 20 heavy (non-hydrogen) atoms. The van der Waals surface area contributed by atoms with E-state index in [9.17, 15) is 0 Å². The number of hydrogen-bond acceptors (Lipinski definition) is 2. The van der Waals surface area contributed by atoms with Crippen LogP contribution in [-0.4, -0.2) is 11.0 Å². The lowest BCUT2D eigenvalue weighted by atomic mass is 9.99. The molecule has 0 amide bonds. The summed E-state index contributed by atoms with van der Waals surface area (Å²) in [5, 5.41) is 4.94. The first kappa shape index (κ1) is 13.6. The predicted molar refractivity (Wildman–Crippen MR) is 84.7 cm³/mol. The average molecular weight is 268 g/mol. The molecule has 0 saturated heterocycles. The van der Waals surface area contributed by atoms with Gasteiger partial charge in [-0.3, -0.25) is 4.98 Å². The third kappa shape index (κ3) is 3.01. The van der Waals surface area contributed by atoms with Crippen molar-refractivity contribution < 1.29 is 0 Å². The van der Waals surface area contributed by atoms with Gasteiger partial charge in [0.25, 0.3) is 0 Å². The standard InChI is InChI=1S/C18H24N2/c1-13-7-9-17-11-15(8-10-18(17)20-13)12-19-14(2)16-5-3-4-6-16/h7-11,14,16,19H,3-6,12H2,1-2H3/t14-/m0/s1. The van der Waals surface area contributed by atoms with E-state index >= 15 is 0 Å². The van der Waals surface area contributed by atoms with E-state index in [-0.39, 0.29) is 0 Å². The van der Waals surface area contributed by atoms with Gasteiger partial charge < -0.3 is 5.32 Å². The van der Waals surface area contributed by atoms with Crippen molar-refractivity contribution in [3.8, 4) is 0 Å². The number of nitrogens with zero attached hydrogens (tertiary/aromatic N) is 1. The normalized spacial score (nSPS) is 17.7. The van der Waals surface area contributed by atoms with Crippen LogP contribution < -0.4 is 5.32 Å². The second-order valence-electron chi connectivity index (χ2n) is 6.19. The highest BCUT2D eigenvalue weighted by Gasteiger charge is 2.20. The summed E-state index contributed by atoms with van der Waals surface area (Å²) in [5.41, 5.74) is 3.53. The third-order valence-electron chi connectivity index (χ3n) is 4.63. The van der Waals surface area contributed by atoms with Gasteiger partial charge in [0.2, 0.25) is 0 Å². The highest BCUT2D eigenvalue weighted by atomic mass is 14.9. The fourth-order valence-electron chi connectivity index (χ4n) is 3.29. The van der Waals surface area contributed by atoms with E-state index < -0.39 is 0 Å². The summed E-state index contributed by atoms with van der Waals surface area (Å²) in [5.74, 6) is 0.875. The molecule has 1 aromatic carbocycles. The molecule has 2 heteroatoms. The van der Waals surface area contributed by atoms with Crippen molar-refractivity contribution in [3.63, 3.8) is 0 Å². The molecule has 0 radical (unpaired) electrons. The second kappa shape index (κ2) is 5.92. The fraction of sp³-hybridized carbons (Fsp3) is 0.500. The minimum atomic E-state index is 0.629. The molecule has 0 aliphatic heterocycles. The number of benzene rings is 1. The molecule has 0 spiro atoms. The number of aromatic nitrogens is 1. The largest absolute Gasteiger partial charge is 0.310 e. The Morgan fingerprint density at radius 1 is 1.20 bits per heavy atom. The summed E-state index contributed by atoms with van der Waals surface area (Å²) in [6.07, 6.45) is 5.62. The Morgan fingerprint density at radius 3 is 2.80 bits per heavy atom. The van der Waals surface area contributed by atoms with Gasteiger partial charge in [-0.2, -0.15) is 0 Å². The maximum Gasteiger partial charge on any atom is 0.0705 e. The molecule has 1 fully saturated rings. The van der Waals surface area contributed by atoms with Crippen molar-refractivity contribution in [2.45, 2.75) is 52.1 Å². The fourth-order valence-corrected chi connectivity index (χ4v) is 3.29. The van der Waals surface area contributed by atoms with Crippen LogP contribution in [0, 0.1) is 12.8 Å². The Bertz CT molecular complexity index is 585. The van der Waals surface area contributed by atoms with E-state index in [4.69, 9.17) is 0 Å². The minimum Gasteiger partial charge on any atom is -0.310 e. The molecule has 3 rings (SSSR count). The van der Waals surface area contributed by atoms with Crippen LogP contribution in [0.1, 0.15) is 43.9 Å². The van der Waals surface area contributed by atoms with Gasteiger partial charge in [-0.1, -0.05) is 25.0 Å². The van der Waals surface area contributed by atoms with Crippen molar-refractivity contribution in [1.82, 2.24) is 10.3 Å². The van der Waals surface area contributed by atoms with Gasteiger partial charge in [-0.25, -0.2) is 0 Å². The van der Waals surface area contributed by atoms with Crippen molar-refractivity contribution in [2.24, 2.45) is 5.92 Å². The van der Waals surface area contributed by atoms with Crippen LogP contribution in [0.3, 0.4) is 0 Å². The maximum absolute atomic E-state index is 4.55. The van der Waals surface area contributed by atoms with Gasteiger partial charge in [-0.05, 0) is 56.4 Å². The number of aryl methyl sites for hydroxylation is 1. The molecule has 2 nitrogen and oxygen atoms in total. The highest BCUT2D eigenvalue weighted by molar-refractivity contribution is 5.79. The second-order valence-corrected chi connectivity index (χ2v) is 6.19. The molecule has 0 unspecified atom stereocenters. The predicted octanol–water partition coefficient (Wildman–Crippen LogP) is 4.21. The molecule has 1 saturated carbocycles. The summed E-state index contributed by atoms with van der Waals surface area (Å²) in [7, 11) is 0. The van der Waals surface area contributed by atoms with Gasteiger partial charge in [0, 0.05) is 23.7 Å². The number of pyridine rings is 1. The Hall–Kier alpha value is -1.41. The zero-order valence-electron chi connectivity index (χ0n) is 12.5. The summed E-state index contributed by atoms with van der Waals surface area (Å²) in [4.78, 5) is 4.55. The quantitative estimate of drug-likeness (QED) is 0.898. The smallest absolute Gasteiger partial charge is 0.0705 e. The van der Waals surface area contributed by atoms with Crippen LogP contribution in [-0.2, 0) is 6.54 Å². The number of rotatable bonds is 4. The summed E-state index contributed by atoms with van der Waals surface area (Å²) >= 11 is 0. The van der Waals surface area contributed by atoms with Gasteiger partial charge in [-0.15, -0.1) is 0 Å². The Balaban J connectivity index is 1.66. The SMILES string of the molecule is Cc1ccc2cc(CN[C@@H](C)C3CCCC3)ccc2n1. The molecule has 1 aliphatic carbocycles. The van der Waals surface area contributed by atoms with E-state index in [0.717, 1.165) is 23.7 Å². The van der Waals surface area contributed by atoms with Gasteiger partial charge in [0.15, 0.2) is 0 Å². The number of fused-ring (bicyclic) bond motifs is 1. The lowest BCUT2D eigenvalue weighted by molar-refractivity contribution is 0.380. The summed E-state index contributed by atoms with van der Waals surface area (Å²) in [6, 6.07) is 11.5. The third-order valence-corrected chi connectivity index (χ3v) is 4.63. The van der Waals surface area contributed by atoms with Gasteiger partial charge in [0.1, 0.15) is 0 Å². The van der Waals surface area contributed by atoms with Crippen molar-refractivity contribution in [3.05, 3.63) is 41.6 Å². The maximum atomic E-state index is 4.55. The van der Waals surface area contributed by atoms with Crippen LogP contribution in [0.4, 0.5) is 0 Å². The van der Waals surface area contributed by atoms with Gasteiger partial charge in [0.05, 0.1) is 5.52 Å². The molecule has 1 aromatic heterocycles. The molecular weight excluding hydrogens is 244 g/mol. The Kier molecular flexibility index (Phi) is 4.02. The zero-order chi connectivity index (χ0) is 13.9. The van der Waals surface area contributed by atoms with E-state index in [1.807, 2.05) is 6.92 Å². The monoisotopic (exact) mass is 268 g/mol. The lowest BCUT2D eigenvalue weighted by Gasteiger charge is -2.20. The molecule has 2 aromatic rings. The molecule has 1 N–H and O–H groups in total. The molecular formula is C18H24N2. The van der Waals surface area contributed by atoms with E-state index in [0.29, 0.717) is 6.04 Å². The highest BCUT2D eigenvalue weighted by Crippen LogP contribution is 2.27. The summed E-state index contributed by atoms with van der Waals surface area (Å²) < 4.78 is 0. The van der Waals surface area contributed by atoms with Crippen molar-refractivity contribution >= 4 is 10.9 Å². The lowest BCUT2D eigenvalue weighted by Crippen LogP contribution is -2.31. The van der Waals surface area contributed by atoms with E-state index in [2.05, 4.69) is 47.6 Å². The average Bonchev–Trinajstić information content (AvgIpc) is 2.99. The molecule has 106 valence electrons. The molecule has 1 aliphatic rings. The van der Waals surface area contributed by atoms with Crippen LogP contribution >= 0.6 is 0 Å². The Morgan fingerprint density at radius 2 is 2.00 bits per heavy atom.